The number of aromatic amines is 1. The van der Waals surface area contributed by atoms with Crippen LogP contribution in [0.25, 0.3) is 11.0 Å². The topological polar surface area (TPSA) is 56.2 Å². The van der Waals surface area contributed by atoms with Crippen LogP contribution in [0.4, 0.5) is 0 Å². The Hall–Kier alpha value is -1.75. The average Bonchev–Trinajstić information content (AvgIpc) is 2.99. The zero-order chi connectivity index (χ0) is 12.5. The van der Waals surface area contributed by atoms with Gasteiger partial charge in [0.1, 0.15) is 5.75 Å². The van der Waals surface area contributed by atoms with Crippen molar-refractivity contribution in [2.24, 2.45) is 0 Å². The summed E-state index contributed by atoms with van der Waals surface area (Å²) in [7, 11) is 1.62. The van der Waals surface area contributed by atoms with Crippen molar-refractivity contribution in [3.8, 4) is 5.75 Å². The van der Waals surface area contributed by atoms with E-state index in [9.17, 15) is 4.79 Å². The second kappa shape index (κ2) is 4.49. The highest BCUT2D eigenvalue weighted by Gasteiger charge is 2.18. The molecule has 0 bridgehead atoms. The van der Waals surface area contributed by atoms with Gasteiger partial charge in [-0.05, 0) is 25.0 Å². The molecule has 1 aliphatic rings. The number of methoxy groups -OCH3 is 1. The summed E-state index contributed by atoms with van der Waals surface area (Å²) in [5.41, 5.74) is 1.61. The van der Waals surface area contributed by atoms with Crippen LogP contribution >= 0.6 is 0 Å². The van der Waals surface area contributed by atoms with Gasteiger partial charge in [0, 0.05) is 12.7 Å². The van der Waals surface area contributed by atoms with E-state index in [4.69, 9.17) is 9.47 Å². The Morgan fingerprint density at radius 2 is 2.44 bits per heavy atom. The second-order valence-electron chi connectivity index (χ2n) is 4.56. The normalized spacial score (nSPS) is 19.5. The summed E-state index contributed by atoms with van der Waals surface area (Å²) < 4.78 is 12.5. The number of H-pyrrole nitrogens is 1. The fraction of sp³-hybridized carbons (Fsp3) is 0.462. The lowest BCUT2D eigenvalue weighted by molar-refractivity contribution is 0.0972. The Morgan fingerprint density at radius 1 is 1.56 bits per heavy atom. The Kier molecular flexibility index (Phi) is 2.83. The van der Waals surface area contributed by atoms with Crippen molar-refractivity contribution in [2.45, 2.75) is 25.5 Å². The van der Waals surface area contributed by atoms with E-state index < -0.39 is 0 Å². The lowest BCUT2D eigenvalue weighted by Gasteiger charge is -2.10. The van der Waals surface area contributed by atoms with E-state index in [2.05, 4.69) is 4.98 Å². The molecular formula is C13H16N2O3. The van der Waals surface area contributed by atoms with Crippen molar-refractivity contribution in [2.75, 3.05) is 13.7 Å². The third-order valence-electron chi connectivity index (χ3n) is 3.39. The van der Waals surface area contributed by atoms with Crippen molar-refractivity contribution >= 4 is 11.0 Å². The summed E-state index contributed by atoms with van der Waals surface area (Å²) in [6.07, 6.45) is 2.24. The Balaban J connectivity index is 2.02. The van der Waals surface area contributed by atoms with Crippen molar-refractivity contribution in [3.63, 3.8) is 0 Å². The zero-order valence-electron chi connectivity index (χ0n) is 10.3. The molecule has 2 heterocycles. The van der Waals surface area contributed by atoms with Gasteiger partial charge in [-0.3, -0.25) is 4.57 Å². The molecule has 1 atom stereocenters. The molecular weight excluding hydrogens is 232 g/mol. The number of hydrogen-bond acceptors (Lipinski definition) is 3. The van der Waals surface area contributed by atoms with Gasteiger partial charge in [-0.15, -0.1) is 0 Å². The summed E-state index contributed by atoms with van der Waals surface area (Å²) in [6.45, 7) is 1.40. The maximum atomic E-state index is 11.9. The fourth-order valence-corrected chi connectivity index (χ4v) is 2.43. The number of nitrogens with one attached hydrogen (secondary N) is 1. The van der Waals surface area contributed by atoms with Crippen molar-refractivity contribution in [1.82, 2.24) is 9.55 Å². The van der Waals surface area contributed by atoms with E-state index in [-0.39, 0.29) is 11.8 Å². The Morgan fingerprint density at radius 3 is 3.17 bits per heavy atom. The maximum Gasteiger partial charge on any atom is 0.326 e. The number of hydrogen-bond donors (Lipinski definition) is 1. The molecule has 1 aliphatic heterocycles. The summed E-state index contributed by atoms with van der Waals surface area (Å²) >= 11 is 0. The second-order valence-corrected chi connectivity index (χ2v) is 4.56. The molecule has 1 N–H and O–H groups in total. The van der Waals surface area contributed by atoms with Crippen LogP contribution in [0, 0.1) is 0 Å². The zero-order valence-corrected chi connectivity index (χ0v) is 10.3. The minimum atomic E-state index is -0.0891. The number of benzene rings is 1. The number of nitrogens with zero attached hydrogens (tertiary/aromatic N) is 1. The van der Waals surface area contributed by atoms with Crippen LogP contribution in [0.15, 0.2) is 23.0 Å². The predicted molar refractivity (Wildman–Crippen MR) is 68.1 cm³/mol. The minimum absolute atomic E-state index is 0.0891. The molecule has 5 heteroatoms. The first-order valence-electron chi connectivity index (χ1n) is 6.16. The highest BCUT2D eigenvalue weighted by Crippen LogP contribution is 2.20. The van der Waals surface area contributed by atoms with Crippen LogP contribution in [0.3, 0.4) is 0 Å². The first-order valence-corrected chi connectivity index (χ1v) is 6.16. The summed E-state index contributed by atoms with van der Waals surface area (Å²) in [6, 6.07) is 5.58. The van der Waals surface area contributed by atoms with E-state index in [0.29, 0.717) is 6.54 Å². The van der Waals surface area contributed by atoms with Crippen LogP contribution in [-0.4, -0.2) is 29.4 Å². The molecule has 0 saturated carbocycles. The van der Waals surface area contributed by atoms with E-state index in [1.807, 2.05) is 18.2 Å². The maximum absolute atomic E-state index is 11.9. The van der Waals surface area contributed by atoms with Gasteiger partial charge in [0.25, 0.3) is 0 Å². The van der Waals surface area contributed by atoms with E-state index in [1.165, 1.54) is 0 Å². The van der Waals surface area contributed by atoms with Gasteiger partial charge >= 0.3 is 5.69 Å². The van der Waals surface area contributed by atoms with Crippen molar-refractivity contribution in [3.05, 3.63) is 28.7 Å². The first kappa shape index (κ1) is 11.3. The molecule has 0 radical (unpaired) electrons. The number of aromatic nitrogens is 2. The van der Waals surface area contributed by atoms with Gasteiger partial charge in [0.05, 0.1) is 30.8 Å². The third kappa shape index (κ3) is 1.90. The molecule has 1 fully saturated rings. The molecule has 1 aromatic carbocycles. The molecule has 5 nitrogen and oxygen atoms in total. The van der Waals surface area contributed by atoms with E-state index in [1.54, 1.807) is 11.7 Å². The van der Waals surface area contributed by atoms with Crippen LogP contribution in [-0.2, 0) is 11.3 Å². The van der Waals surface area contributed by atoms with Crippen LogP contribution in [0.1, 0.15) is 12.8 Å². The molecule has 0 spiro atoms. The highest BCUT2D eigenvalue weighted by atomic mass is 16.5. The lowest BCUT2D eigenvalue weighted by Crippen LogP contribution is -2.24. The average molecular weight is 248 g/mol. The van der Waals surface area contributed by atoms with Gasteiger partial charge in [-0.25, -0.2) is 4.79 Å². The van der Waals surface area contributed by atoms with E-state index >= 15 is 0 Å². The number of ether oxygens (including phenoxy) is 2. The number of fused-ring (bicyclic) bond motifs is 1. The third-order valence-corrected chi connectivity index (χ3v) is 3.39. The SMILES string of the molecule is COc1ccc2[nH]c(=O)n(CC3CCCO3)c2c1. The summed E-state index contributed by atoms with van der Waals surface area (Å²) in [5.74, 6) is 0.752. The molecule has 1 saturated heterocycles. The van der Waals surface area contributed by atoms with E-state index in [0.717, 1.165) is 36.2 Å². The molecule has 1 unspecified atom stereocenters. The van der Waals surface area contributed by atoms with Crippen molar-refractivity contribution in [1.29, 1.82) is 0 Å². The number of imidazole rings is 1. The van der Waals surface area contributed by atoms with Gasteiger partial charge in [-0.2, -0.15) is 0 Å². The summed E-state index contributed by atoms with van der Waals surface area (Å²) in [5, 5.41) is 0. The molecule has 0 aliphatic carbocycles. The number of rotatable bonds is 3. The van der Waals surface area contributed by atoms with Crippen LogP contribution in [0.2, 0.25) is 0 Å². The predicted octanol–water partition coefficient (Wildman–Crippen LogP) is 1.52. The quantitative estimate of drug-likeness (QED) is 0.896. The smallest absolute Gasteiger partial charge is 0.326 e. The Bertz CT molecular complexity index is 608. The minimum Gasteiger partial charge on any atom is -0.497 e. The first-order chi connectivity index (χ1) is 8.78. The molecule has 0 amide bonds. The highest BCUT2D eigenvalue weighted by molar-refractivity contribution is 5.77. The Labute approximate surface area is 104 Å². The monoisotopic (exact) mass is 248 g/mol. The van der Waals surface area contributed by atoms with Crippen LogP contribution in [0.5, 0.6) is 5.75 Å². The summed E-state index contributed by atoms with van der Waals surface area (Å²) in [4.78, 5) is 14.8. The van der Waals surface area contributed by atoms with Gasteiger partial charge < -0.3 is 14.5 Å². The van der Waals surface area contributed by atoms with Crippen molar-refractivity contribution < 1.29 is 9.47 Å². The van der Waals surface area contributed by atoms with Crippen LogP contribution < -0.4 is 10.4 Å². The lowest BCUT2D eigenvalue weighted by atomic mass is 10.2. The molecule has 3 rings (SSSR count). The standard InChI is InChI=1S/C13H16N2O3/c1-17-9-4-5-11-12(7-9)15(13(16)14-11)8-10-3-2-6-18-10/h4-5,7,10H,2-3,6,8H2,1H3,(H,14,16). The fourth-order valence-electron chi connectivity index (χ4n) is 2.43. The van der Waals surface area contributed by atoms with Gasteiger partial charge in [0.2, 0.25) is 0 Å². The molecule has 1 aromatic heterocycles. The van der Waals surface area contributed by atoms with Gasteiger partial charge in [0.15, 0.2) is 0 Å². The molecule has 2 aromatic rings. The molecule has 18 heavy (non-hydrogen) atoms. The largest absolute Gasteiger partial charge is 0.497 e. The van der Waals surface area contributed by atoms with Gasteiger partial charge in [-0.1, -0.05) is 0 Å². The molecule has 96 valence electrons.